The van der Waals surface area contributed by atoms with E-state index in [1.165, 1.54) is 30.7 Å². The van der Waals surface area contributed by atoms with Crippen LogP contribution in [-0.4, -0.2) is 74.0 Å². The van der Waals surface area contributed by atoms with Crippen LogP contribution in [-0.2, 0) is 11.0 Å². The molecule has 1 aromatic carbocycles. The number of aliphatic hydroxyl groups is 2. The van der Waals surface area contributed by atoms with Gasteiger partial charge in [-0.05, 0) is 18.6 Å². The fourth-order valence-corrected chi connectivity index (χ4v) is 4.21. The first-order chi connectivity index (χ1) is 17.7. The van der Waals surface area contributed by atoms with Crippen LogP contribution in [0, 0.1) is 0 Å². The third-order valence-corrected chi connectivity index (χ3v) is 5.99. The van der Waals surface area contributed by atoms with Crippen molar-refractivity contribution >= 4 is 23.2 Å². The summed E-state index contributed by atoms with van der Waals surface area (Å²) in [5.74, 6) is 0.591. The van der Waals surface area contributed by atoms with E-state index in [0.717, 1.165) is 12.1 Å². The molecule has 1 saturated heterocycles. The van der Waals surface area contributed by atoms with Gasteiger partial charge < -0.3 is 30.5 Å². The number of hydrogen-bond acceptors (Lipinski definition) is 10. The molecule has 4 N–H and O–H groups in total. The van der Waals surface area contributed by atoms with Gasteiger partial charge in [0.25, 0.3) is 0 Å². The summed E-state index contributed by atoms with van der Waals surface area (Å²) in [6.07, 6.45) is -0.959. The molecular formula is C23H22F3N7O4. The van der Waals surface area contributed by atoms with Crippen LogP contribution in [0.25, 0.3) is 11.4 Å². The third-order valence-electron chi connectivity index (χ3n) is 5.99. The number of halogens is 3. The maximum atomic E-state index is 13.1. The Balaban J connectivity index is 1.29. The van der Waals surface area contributed by atoms with Crippen molar-refractivity contribution in [3.63, 3.8) is 0 Å². The molecule has 37 heavy (non-hydrogen) atoms. The molecule has 0 aliphatic carbocycles. The lowest BCUT2D eigenvalue weighted by atomic mass is 10.1. The van der Waals surface area contributed by atoms with Gasteiger partial charge in [-0.15, -0.1) is 0 Å². The lowest BCUT2D eigenvalue weighted by molar-refractivity contribution is -0.137. The number of nitrogens with one attached hydrogen (secondary N) is 2. The number of carbonyl (C=O) groups is 1. The topological polar surface area (TPSA) is 146 Å². The largest absolute Gasteiger partial charge is 0.474 e. The van der Waals surface area contributed by atoms with Crippen LogP contribution < -0.4 is 20.3 Å². The van der Waals surface area contributed by atoms with E-state index in [1.807, 2.05) is 4.90 Å². The van der Waals surface area contributed by atoms with Crippen molar-refractivity contribution in [3.05, 3.63) is 48.4 Å². The van der Waals surface area contributed by atoms with Crippen molar-refractivity contribution in [2.45, 2.75) is 30.8 Å². The van der Waals surface area contributed by atoms with E-state index in [1.54, 1.807) is 0 Å². The maximum absolute atomic E-state index is 13.1. The van der Waals surface area contributed by atoms with E-state index >= 15 is 0 Å². The number of nitrogens with zero attached hydrogens (tertiary/aromatic N) is 5. The number of rotatable bonds is 7. The predicted molar refractivity (Wildman–Crippen MR) is 125 cm³/mol. The SMILES string of the molecule is O=C(Nc1cnc(OC[C@H](O)CO)cn1)C1C[C@H]2CN1c1cnc(-c3cccc(C(F)(F)F)c3)nc1N2. The lowest BCUT2D eigenvalue weighted by Crippen LogP contribution is -2.41. The summed E-state index contributed by atoms with van der Waals surface area (Å²) in [6, 6.07) is 4.16. The zero-order chi connectivity index (χ0) is 26.2. The zero-order valence-electron chi connectivity index (χ0n) is 19.2. The van der Waals surface area contributed by atoms with Gasteiger partial charge in [0.2, 0.25) is 11.8 Å². The van der Waals surface area contributed by atoms with Crippen molar-refractivity contribution in [3.8, 4) is 17.3 Å². The molecule has 1 fully saturated rings. The first-order valence-electron chi connectivity index (χ1n) is 11.3. The lowest BCUT2D eigenvalue weighted by Gasteiger charge is -2.30. The fourth-order valence-electron chi connectivity index (χ4n) is 4.21. The monoisotopic (exact) mass is 517 g/mol. The Hall–Kier alpha value is -4.04. The Labute approximate surface area is 208 Å². The molecule has 11 nitrogen and oxygen atoms in total. The number of anilines is 3. The van der Waals surface area contributed by atoms with Gasteiger partial charge in [-0.3, -0.25) is 4.79 Å². The standard InChI is InChI=1S/C23H22F3N7O4/c24-23(25,26)13-3-1-2-12(4-13)20-29-6-17-21(32-20)30-14-5-16(33(17)9-14)22(36)31-18-7-28-19(8-27-18)37-11-15(35)10-34/h1-4,6-8,14-16,34-35H,5,9-11H2,(H,27,31,36)(H,29,30,32)/t14-,15+,16?/m0/s1. The van der Waals surface area contributed by atoms with E-state index in [2.05, 4.69) is 30.6 Å². The van der Waals surface area contributed by atoms with Gasteiger partial charge in [0.05, 0.1) is 36.4 Å². The molecule has 5 rings (SSSR count). The van der Waals surface area contributed by atoms with Crippen molar-refractivity contribution in [2.24, 2.45) is 0 Å². The number of fused-ring (bicyclic) bond motifs is 4. The van der Waals surface area contributed by atoms with Crippen LogP contribution in [0.1, 0.15) is 12.0 Å². The molecule has 0 radical (unpaired) electrons. The number of amides is 1. The minimum absolute atomic E-state index is 0.0904. The minimum Gasteiger partial charge on any atom is -0.474 e. The second-order valence-electron chi connectivity index (χ2n) is 8.63. The van der Waals surface area contributed by atoms with Gasteiger partial charge in [-0.2, -0.15) is 13.2 Å². The number of alkyl halides is 3. The van der Waals surface area contributed by atoms with Crippen LogP contribution in [0.3, 0.4) is 0 Å². The number of aromatic nitrogens is 4. The van der Waals surface area contributed by atoms with E-state index in [0.29, 0.717) is 24.5 Å². The number of benzene rings is 1. The van der Waals surface area contributed by atoms with E-state index < -0.39 is 30.5 Å². The Kier molecular flexibility index (Phi) is 6.52. The Morgan fingerprint density at radius 2 is 2.08 bits per heavy atom. The van der Waals surface area contributed by atoms with Gasteiger partial charge in [-0.25, -0.2) is 19.9 Å². The molecule has 1 amide bonds. The molecule has 0 spiro atoms. The molecule has 14 heteroatoms. The van der Waals surface area contributed by atoms with Gasteiger partial charge in [-0.1, -0.05) is 12.1 Å². The van der Waals surface area contributed by atoms with Gasteiger partial charge in [0.15, 0.2) is 17.5 Å². The van der Waals surface area contributed by atoms with Crippen LogP contribution in [0.5, 0.6) is 5.88 Å². The highest BCUT2D eigenvalue weighted by Crippen LogP contribution is 2.38. The fraction of sp³-hybridized carbons (Fsp3) is 0.348. The first kappa shape index (κ1) is 24.6. The molecule has 2 bridgehead atoms. The normalized spacial score (nSPS) is 19.1. The Morgan fingerprint density at radius 1 is 1.24 bits per heavy atom. The highest BCUT2D eigenvalue weighted by molar-refractivity contribution is 5.97. The molecule has 2 aliphatic rings. The third kappa shape index (κ3) is 5.24. The second-order valence-corrected chi connectivity index (χ2v) is 8.63. The summed E-state index contributed by atoms with van der Waals surface area (Å²) in [5.41, 5.74) is 0.0192. The Bertz CT molecular complexity index is 1290. The zero-order valence-corrected chi connectivity index (χ0v) is 19.2. The summed E-state index contributed by atoms with van der Waals surface area (Å²) in [4.78, 5) is 31.7. The molecule has 2 aliphatic heterocycles. The van der Waals surface area contributed by atoms with E-state index in [-0.39, 0.29) is 41.6 Å². The molecule has 1 unspecified atom stereocenters. The molecule has 4 heterocycles. The van der Waals surface area contributed by atoms with Crippen LogP contribution in [0.4, 0.5) is 30.5 Å². The van der Waals surface area contributed by atoms with Crippen LogP contribution in [0.15, 0.2) is 42.9 Å². The minimum atomic E-state index is -4.48. The summed E-state index contributed by atoms with van der Waals surface area (Å²) in [7, 11) is 0. The molecule has 2 aromatic heterocycles. The average molecular weight is 517 g/mol. The van der Waals surface area contributed by atoms with Gasteiger partial charge >= 0.3 is 6.18 Å². The van der Waals surface area contributed by atoms with Crippen molar-refractivity contribution in [1.82, 2.24) is 19.9 Å². The van der Waals surface area contributed by atoms with Crippen LogP contribution in [0.2, 0.25) is 0 Å². The molecule has 194 valence electrons. The summed E-state index contributed by atoms with van der Waals surface area (Å²) < 4.78 is 44.5. The number of carbonyl (C=O) groups excluding carboxylic acids is 1. The van der Waals surface area contributed by atoms with Crippen molar-refractivity contribution in [1.29, 1.82) is 0 Å². The van der Waals surface area contributed by atoms with Gasteiger partial charge in [0.1, 0.15) is 18.8 Å². The highest BCUT2D eigenvalue weighted by Gasteiger charge is 2.42. The molecule has 3 atom stereocenters. The molecular weight excluding hydrogens is 495 g/mol. The summed E-state index contributed by atoms with van der Waals surface area (Å²) >= 11 is 0. The number of ether oxygens (including phenoxy) is 1. The van der Waals surface area contributed by atoms with Crippen molar-refractivity contribution < 1.29 is 32.9 Å². The number of hydrogen-bond donors (Lipinski definition) is 4. The van der Waals surface area contributed by atoms with Crippen molar-refractivity contribution in [2.75, 3.05) is 35.3 Å². The summed E-state index contributed by atoms with van der Waals surface area (Å²) in [6.45, 7) is -0.0711. The quantitative estimate of drug-likeness (QED) is 0.365. The second kappa shape index (κ2) is 9.78. The first-order valence-corrected chi connectivity index (χ1v) is 11.3. The average Bonchev–Trinajstić information content (AvgIpc) is 3.24. The van der Waals surface area contributed by atoms with Gasteiger partial charge in [0, 0.05) is 18.2 Å². The van der Waals surface area contributed by atoms with E-state index in [4.69, 9.17) is 9.84 Å². The number of aliphatic hydroxyl groups excluding tert-OH is 2. The maximum Gasteiger partial charge on any atom is 0.416 e. The molecule has 0 saturated carbocycles. The smallest absolute Gasteiger partial charge is 0.416 e. The van der Waals surface area contributed by atoms with E-state index in [9.17, 15) is 23.1 Å². The predicted octanol–water partition coefficient (Wildman–Crippen LogP) is 1.70. The molecule has 3 aromatic rings. The highest BCUT2D eigenvalue weighted by atomic mass is 19.4. The summed E-state index contributed by atoms with van der Waals surface area (Å²) in [5, 5.41) is 24.1. The Morgan fingerprint density at radius 3 is 2.81 bits per heavy atom. The van der Waals surface area contributed by atoms with Crippen LogP contribution >= 0.6 is 0 Å².